The van der Waals surface area contributed by atoms with Gasteiger partial charge >= 0.3 is 11.7 Å². The highest BCUT2D eigenvalue weighted by atomic mass is 16.4. The van der Waals surface area contributed by atoms with E-state index in [2.05, 4.69) is 9.97 Å². The van der Waals surface area contributed by atoms with Crippen LogP contribution in [0.5, 0.6) is 0 Å². The zero-order chi connectivity index (χ0) is 13.0. The molecule has 0 aliphatic rings. The monoisotopic (exact) mass is 246 g/mol. The van der Waals surface area contributed by atoms with Crippen LogP contribution in [0.15, 0.2) is 35.3 Å². The molecule has 0 radical (unpaired) electrons. The second-order valence-corrected chi connectivity index (χ2v) is 4.06. The Balaban J connectivity index is 2.20. The number of aliphatic carboxylic acids is 1. The summed E-state index contributed by atoms with van der Waals surface area (Å²) < 4.78 is 0. The molecule has 94 valence electrons. The van der Waals surface area contributed by atoms with Gasteiger partial charge in [0.1, 0.15) is 0 Å². The summed E-state index contributed by atoms with van der Waals surface area (Å²) >= 11 is 0. The van der Waals surface area contributed by atoms with Gasteiger partial charge in [0.15, 0.2) is 0 Å². The molecular weight excluding hydrogens is 232 g/mol. The predicted octanol–water partition coefficient (Wildman–Crippen LogP) is 1.78. The summed E-state index contributed by atoms with van der Waals surface area (Å²) in [5, 5.41) is 8.63. The third kappa shape index (κ3) is 2.88. The minimum Gasteiger partial charge on any atom is -0.481 e. The Morgan fingerprint density at radius 2 is 2.06 bits per heavy atom. The molecule has 0 fully saturated rings. The van der Waals surface area contributed by atoms with Gasteiger partial charge < -0.3 is 15.1 Å². The number of hydrogen-bond acceptors (Lipinski definition) is 2. The van der Waals surface area contributed by atoms with E-state index < -0.39 is 5.97 Å². The van der Waals surface area contributed by atoms with E-state index in [0.717, 1.165) is 16.8 Å². The minimum atomic E-state index is -0.789. The Bertz CT molecular complexity index is 598. The molecule has 1 aromatic carbocycles. The number of imidazole rings is 1. The molecule has 0 spiro atoms. The third-order valence-electron chi connectivity index (χ3n) is 2.74. The molecule has 0 bridgehead atoms. The summed E-state index contributed by atoms with van der Waals surface area (Å²) in [7, 11) is 0. The van der Waals surface area contributed by atoms with Gasteiger partial charge in [0.2, 0.25) is 0 Å². The van der Waals surface area contributed by atoms with Gasteiger partial charge in [0.05, 0.1) is 5.69 Å². The highest BCUT2D eigenvalue weighted by Crippen LogP contribution is 2.21. The lowest BCUT2D eigenvalue weighted by Crippen LogP contribution is -2.01. The maximum atomic E-state index is 11.1. The van der Waals surface area contributed by atoms with Crippen molar-refractivity contribution in [1.29, 1.82) is 0 Å². The van der Waals surface area contributed by atoms with Crippen molar-refractivity contribution in [2.45, 2.75) is 19.3 Å². The van der Waals surface area contributed by atoms with Crippen LogP contribution in [-0.4, -0.2) is 21.0 Å². The number of H-pyrrole nitrogens is 2. The van der Waals surface area contributed by atoms with Crippen molar-refractivity contribution in [3.63, 3.8) is 0 Å². The molecule has 2 rings (SSSR count). The molecule has 0 aliphatic carbocycles. The lowest BCUT2D eigenvalue weighted by molar-refractivity contribution is -0.137. The Labute approximate surface area is 103 Å². The predicted molar refractivity (Wildman–Crippen MR) is 67.4 cm³/mol. The van der Waals surface area contributed by atoms with E-state index in [1.165, 1.54) is 0 Å². The lowest BCUT2D eigenvalue weighted by atomic mass is 10.00. The second kappa shape index (κ2) is 5.35. The molecule has 0 atom stereocenters. The fourth-order valence-corrected chi connectivity index (χ4v) is 1.91. The number of aryl methyl sites for hydroxylation is 1. The zero-order valence-corrected chi connectivity index (χ0v) is 9.77. The molecular formula is C13H14N2O3. The number of aromatic amines is 2. The van der Waals surface area contributed by atoms with E-state index in [0.29, 0.717) is 12.8 Å². The Morgan fingerprint density at radius 1 is 1.28 bits per heavy atom. The first-order valence-corrected chi connectivity index (χ1v) is 5.74. The van der Waals surface area contributed by atoms with Gasteiger partial charge in [-0.2, -0.15) is 0 Å². The first-order valence-electron chi connectivity index (χ1n) is 5.74. The summed E-state index contributed by atoms with van der Waals surface area (Å²) in [5.74, 6) is -0.789. The van der Waals surface area contributed by atoms with Gasteiger partial charge in [-0.05, 0) is 18.4 Å². The number of nitrogens with one attached hydrogen (secondary N) is 2. The van der Waals surface area contributed by atoms with Crippen molar-refractivity contribution in [1.82, 2.24) is 9.97 Å². The molecule has 1 heterocycles. The quantitative estimate of drug-likeness (QED) is 0.751. The van der Waals surface area contributed by atoms with E-state index in [9.17, 15) is 9.59 Å². The molecule has 1 aromatic heterocycles. The van der Waals surface area contributed by atoms with E-state index in [4.69, 9.17) is 5.11 Å². The first kappa shape index (κ1) is 12.2. The van der Waals surface area contributed by atoms with Crippen LogP contribution < -0.4 is 5.69 Å². The summed E-state index contributed by atoms with van der Waals surface area (Å²) in [4.78, 5) is 26.9. The Kier molecular flexibility index (Phi) is 3.62. The van der Waals surface area contributed by atoms with Gasteiger partial charge in [0.25, 0.3) is 0 Å². The van der Waals surface area contributed by atoms with Crippen LogP contribution in [0.1, 0.15) is 18.4 Å². The van der Waals surface area contributed by atoms with Gasteiger partial charge in [-0.1, -0.05) is 24.3 Å². The van der Waals surface area contributed by atoms with Gasteiger partial charge in [0, 0.05) is 18.2 Å². The molecule has 0 aliphatic heterocycles. The summed E-state index contributed by atoms with van der Waals surface area (Å²) in [5.41, 5.74) is 2.45. The third-order valence-corrected chi connectivity index (χ3v) is 2.74. The van der Waals surface area contributed by atoms with E-state index in [1.54, 1.807) is 6.20 Å². The number of aromatic nitrogens is 2. The van der Waals surface area contributed by atoms with Crippen LogP contribution in [0, 0.1) is 0 Å². The molecule has 5 nitrogen and oxygen atoms in total. The average Bonchev–Trinajstić information content (AvgIpc) is 2.76. The molecule has 18 heavy (non-hydrogen) atoms. The standard InChI is InChI=1S/C13H14N2O3/c16-12(17)7-3-5-9-4-1-2-6-10(9)11-8-14-13(18)15-11/h1-2,4,6,8H,3,5,7H2,(H,16,17)(H2,14,15,18). The van der Waals surface area contributed by atoms with Crippen molar-refractivity contribution in [3.05, 3.63) is 46.5 Å². The summed E-state index contributed by atoms with van der Waals surface area (Å²) in [6, 6.07) is 7.66. The van der Waals surface area contributed by atoms with Crippen molar-refractivity contribution < 1.29 is 9.90 Å². The smallest absolute Gasteiger partial charge is 0.323 e. The zero-order valence-electron chi connectivity index (χ0n) is 9.77. The fourth-order valence-electron chi connectivity index (χ4n) is 1.91. The van der Waals surface area contributed by atoms with Gasteiger partial charge in [-0.25, -0.2) is 4.79 Å². The maximum absolute atomic E-state index is 11.1. The van der Waals surface area contributed by atoms with Crippen LogP contribution in [0.4, 0.5) is 0 Å². The molecule has 5 heteroatoms. The molecule has 2 aromatic rings. The molecule has 0 unspecified atom stereocenters. The molecule has 3 N–H and O–H groups in total. The SMILES string of the molecule is O=C(O)CCCc1ccccc1-c1c[nH]c(=O)[nH]1. The molecule has 0 saturated carbocycles. The van der Waals surface area contributed by atoms with Crippen LogP contribution in [0.3, 0.4) is 0 Å². The number of carboxylic acid groups (broad SMARTS) is 1. The van der Waals surface area contributed by atoms with Crippen molar-refractivity contribution in [2.24, 2.45) is 0 Å². The second-order valence-electron chi connectivity index (χ2n) is 4.06. The van der Waals surface area contributed by atoms with E-state index >= 15 is 0 Å². The van der Waals surface area contributed by atoms with E-state index in [1.807, 2.05) is 24.3 Å². The number of rotatable bonds is 5. The van der Waals surface area contributed by atoms with Crippen LogP contribution >= 0.6 is 0 Å². The highest BCUT2D eigenvalue weighted by molar-refractivity contribution is 5.67. The lowest BCUT2D eigenvalue weighted by Gasteiger charge is -2.06. The number of benzene rings is 1. The number of carboxylic acids is 1. The normalized spacial score (nSPS) is 10.4. The van der Waals surface area contributed by atoms with Gasteiger partial charge in [-0.3, -0.25) is 4.79 Å². The molecule has 0 amide bonds. The fraction of sp³-hybridized carbons (Fsp3) is 0.231. The molecule has 0 saturated heterocycles. The van der Waals surface area contributed by atoms with Crippen molar-refractivity contribution in [3.8, 4) is 11.3 Å². The summed E-state index contributed by atoms with van der Waals surface area (Å²) in [6.07, 6.45) is 3.03. The van der Waals surface area contributed by atoms with Crippen molar-refractivity contribution >= 4 is 5.97 Å². The van der Waals surface area contributed by atoms with Gasteiger partial charge in [-0.15, -0.1) is 0 Å². The average molecular weight is 246 g/mol. The van der Waals surface area contributed by atoms with E-state index in [-0.39, 0.29) is 12.1 Å². The Hall–Kier alpha value is -2.30. The summed E-state index contributed by atoms with van der Waals surface area (Å²) in [6.45, 7) is 0. The van der Waals surface area contributed by atoms with Crippen molar-refractivity contribution in [2.75, 3.05) is 0 Å². The first-order chi connectivity index (χ1) is 8.66. The van der Waals surface area contributed by atoms with Crippen LogP contribution in [-0.2, 0) is 11.2 Å². The maximum Gasteiger partial charge on any atom is 0.323 e. The topological polar surface area (TPSA) is 85.9 Å². The minimum absolute atomic E-state index is 0.151. The van der Waals surface area contributed by atoms with Crippen LogP contribution in [0.2, 0.25) is 0 Å². The number of hydrogen-bond donors (Lipinski definition) is 3. The van der Waals surface area contributed by atoms with Crippen LogP contribution in [0.25, 0.3) is 11.3 Å². The largest absolute Gasteiger partial charge is 0.481 e. The number of carbonyl (C=O) groups is 1. The highest BCUT2D eigenvalue weighted by Gasteiger charge is 2.07. The Morgan fingerprint density at radius 3 is 2.72 bits per heavy atom.